The van der Waals surface area contributed by atoms with Gasteiger partial charge in [0.15, 0.2) is 0 Å². The fraction of sp³-hybridized carbons (Fsp3) is 0.294. The van der Waals surface area contributed by atoms with Crippen LogP contribution < -0.4 is 9.47 Å². The molecule has 0 aliphatic heterocycles. The first kappa shape index (κ1) is 17.3. The van der Waals surface area contributed by atoms with Crippen LogP contribution in [0, 0.1) is 0 Å². The molecular formula is C17H17Cl3O2. The molecule has 0 unspecified atom stereocenters. The highest BCUT2D eigenvalue weighted by Gasteiger charge is 2.37. The van der Waals surface area contributed by atoms with E-state index in [0.29, 0.717) is 6.61 Å². The van der Waals surface area contributed by atoms with E-state index in [9.17, 15) is 0 Å². The number of halogens is 3. The Morgan fingerprint density at radius 3 is 2.18 bits per heavy atom. The van der Waals surface area contributed by atoms with Crippen LogP contribution in [-0.2, 0) is 0 Å². The van der Waals surface area contributed by atoms with Gasteiger partial charge in [0.05, 0.1) is 19.6 Å². The molecule has 0 aromatic heterocycles. The predicted octanol–water partition coefficient (Wildman–Crippen LogP) is 5.60. The molecule has 0 bridgehead atoms. The topological polar surface area (TPSA) is 18.5 Å². The van der Waals surface area contributed by atoms with Crippen molar-refractivity contribution in [2.45, 2.75) is 16.6 Å². The molecule has 0 heterocycles. The van der Waals surface area contributed by atoms with E-state index in [-0.39, 0.29) is 0 Å². The highest BCUT2D eigenvalue weighted by atomic mass is 35.6. The SMILES string of the molecule is CCOc1ccccc1[C@@H](c1ccc(OC)cc1)C(Cl)(Cl)Cl. The summed E-state index contributed by atoms with van der Waals surface area (Å²) in [6.45, 7) is 2.47. The van der Waals surface area contributed by atoms with E-state index in [1.165, 1.54) is 0 Å². The summed E-state index contributed by atoms with van der Waals surface area (Å²) in [6, 6.07) is 15.1. The maximum atomic E-state index is 6.26. The molecule has 2 nitrogen and oxygen atoms in total. The van der Waals surface area contributed by atoms with Gasteiger partial charge in [-0.1, -0.05) is 65.1 Å². The Balaban J connectivity index is 2.51. The Kier molecular flexibility index (Phi) is 5.85. The van der Waals surface area contributed by atoms with Gasteiger partial charge in [0, 0.05) is 5.56 Å². The summed E-state index contributed by atoms with van der Waals surface area (Å²) in [4.78, 5) is 0. The lowest BCUT2D eigenvalue weighted by Crippen LogP contribution is -2.19. The van der Waals surface area contributed by atoms with E-state index in [1.54, 1.807) is 7.11 Å². The Labute approximate surface area is 145 Å². The molecule has 22 heavy (non-hydrogen) atoms. The van der Waals surface area contributed by atoms with Crippen LogP contribution in [0.4, 0.5) is 0 Å². The molecule has 0 radical (unpaired) electrons. The Morgan fingerprint density at radius 2 is 1.64 bits per heavy atom. The first-order valence-corrected chi connectivity index (χ1v) is 8.03. The number of hydrogen-bond acceptors (Lipinski definition) is 2. The highest BCUT2D eigenvalue weighted by molar-refractivity contribution is 6.68. The van der Waals surface area contributed by atoms with E-state index in [0.717, 1.165) is 22.6 Å². The fourth-order valence-electron chi connectivity index (χ4n) is 2.35. The number of benzene rings is 2. The van der Waals surface area contributed by atoms with Crippen LogP contribution in [0.25, 0.3) is 0 Å². The minimum atomic E-state index is -1.50. The Hall–Kier alpha value is -1.09. The van der Waals surface area contributed by atoms with Crippen LogP contribution in [0.3, 0.4) is 0 Å². The molecule has 0 amide bonds. The monoisotopic (exact) mass is 358 g/mol. The molecule has 118 valence electrons. The second-order valence-electron chi connectivity index (χ2n) is 4.72. The number of ether oxygens (including phenoxy) is 2. The normalized spacial score (nSPS) is 12.8. The van der Waals surface area contributed by atoms with Crippen molar-refractivity contribution >= 4 is 34.8 Å². The summed E-state index contributed by atoms with van der Waals surface area (Å²) in [5.41, 5.74) is 1.72. The molecule has 0 saturated heterocycles. The summed E-state index contributed by atoms with van der Waals surface area (Å²) < 4.78 is 9.36. The first-order valence-electron chi connectivity index (χ1n) is 6.89. The zero-order valence-electron chi connectivity index (χ0n) is 12.4. The van der Waals surface area contributed by atoms with Crippen molar-refractivity contribution in [3.8, 4) is 11.5 Å². The highest BCUT2D eigenvalue weighted by Crippen LogP contribution is 2.48. The Morgan fingerprint density at radius 1 is 1.00 bits per heavy atom. The fourth-order valence-corrected chi connectivity index (χ4v) is 3.08. The van der Waals surface area contributed by atoms with Gasteiger partial charge >= 0.3 is 0 Å². The molecule has 0 saturated carbocycles. The minimum absolute atomic E-state index is 0.439. The molecule has 2 aromatic carbocycles. The van der Waals surface area contributed by atoms with Crippen LogP contribution in [0.5, 0.6) is 11.5 Å². The first-order chi connectivity index (χ1) is 10.5. The maximum Gasteiger partial charge on any atom is 0.201 e. The van der Waals surface area contributed by atoms with Crippen LogP contribution in [-0.4, -0.2) is 17.5 Å². The number of methoxy groups -OCH3 is 1. The molecule has 0 aliphatic rings. The minimum Gasteiger partial charge on any atom is -0.497 e. The molecular weight excluding hydrogens is 343 g/mol. The summed E-state index contributed by atoms with van der Waals surface area (Å²) in [5.74, 6) is 1.04. The average Bonchev–Trinajstić information content (AvgIpc) is 2.49. The van der Waals surface area contributed by atoms with Gasteiger partial charge in [-0.3, -0.25) is 0 Å². The summed E-state index contributed by atoms with van der Waals surface area (Å²) >= 11 is 18.8. The summed E-state index contributed by atoms with van der Waals surface area (Å²) in [7, 11) is 1.62. The van der Waals surface area contributed by atoms with Crippen molar-refractivity contribution in [1.82, 2.24) is 0 Å². The number of para-hydroxylation sites is 1. The molecule has 5 heteroatoms. The quantitative estimate of drug-likeness (QED) is 0.647. The zero-order chi connectivity index (χ0) is 16.2. The van der Waals surface area contributed by atoms with Gasteiger partial charge in [0.1, 0.15) is 11.5 Å². The van der Waals surface area contributed by atoms with Crippen molar-refractivity contribution in [2.75, 3.05) is 13.7 Å². The van der Waals surface area contributed by atoms with Crippen molar-refractivity contribution in [3.05, 3.63) is 59.7 Å². The van der Waals surface area contributed by atoms with Gasteiger partial charge in [-0.15, -0.1) is 0 Å². The van der Waals surface area contributed by atoms with Gasteiger partial charge in [0.25, 0.3) is 0 Å². The van der Waals surface area contributed by atoms with E-state index < -0.39 is 9.71 Å². The van der Waals surface area contributed by atoms with Crippen molar-refractivity contribution in [2.24, 2.45) is 0 Å². The standard InChI is InChI=1S/C17H17Cl3O2/c1-3-22-15-7-5-4-6-14(15)16(17(18,19)20)12-8-10-13(21-2)11-9-12/h4-11,16H,3H2,1-2H3/t16-/m1/s1. The molecule has 0 N–H and O–H groups in total. The van der Waals surface area contributed by atoms with E-state index in [1.807, 2.05) is 55.5 Å². The molecule has 0 aliphatic carbocycles. The molecule has 2 rings (SSSR count). The van der Waals surface area contributed by atoms with Crippen molar-refractivity contribution in [1.29, 1.82) is 0 Å². The van der Waals surface area contributed by atoms with Gasteiger partial charge in [-0.05, 0) is 30.7 Å². The second-order valence-corrected chi connectivity index (χ2v) is 7.09. The van der Waals surface area contributed by atoms with Gasteiger partial charge in [-0.25, -0.2) is 0 Å². The third kappa shape index (κ3) is 4.01. The molecule has 0 spiro atoms. The average molecular weight is 360 g/mol. The predicted molar refractivity (Wildman–Crippen MR) is 92.7 cm³/mol. The number of hydrogen-bond donors (Lipinski definition) is 0. The Bertz CT molecular complexity index is 606. The zero-order valence-corrected chi connectivity index (χ0v) is 14.6. The third-order valence-corrected chi connectivity index (χ3v) is 3.96. The largest absolute Gasteiger partial charge is 0.497 e. The van der Waals surface area contributed by atoms with E-state index in [2.05, 4.69) is 0 Å². The van der Waals surface area contributed by atoms with Gasteiger partial charge in [0.2, 0.25) is 3.79 Å². The van der Waals surface area contributed by atoms with E-state index >= 15 is 0 Å². The van der Waals surface area contributed by atoms with E-state index in [4.69, 9.17) is 44.3 Å². The van der Waals surface area contributed by atoms with Crippen molar-refractivity contribution < 1.29 is 9.47 Å². The number of alkyl halides is 3. The summed E-state index contributed by atoms with van der Waals surface area (Å²) in [6.07, 6.45) is 0. The number of rotatable bonds is 5. The molecule has 1 atom stereocenters. The second kappa shape index (κ2) is 7.45. The van der Waals surface area contributed by atoms with Crippen LogP contribution in [0.2, 0.25) is 0 Å². The van der Waals surface area contributed by atoms with Crippen LogP contribution in [0.1, 0.15) is 24.0 Å². The van der Waals surface area contributed by atoms with Crippen molar-refractivity contribution in [3.63, 3.8) is 0 Å². The lowest BCUT2D eigenvalue weighted by atomic mass is 9.91. The molecule has 2 aromatic rings. The summed E-state index contributed by atoms with van der Waals surface area (Å²) in [5, 5.41) is 0. The lowest BCUT2D eigenvalue weighted by molar-refractivity contribution is 0.335. The maximum absolute atomic E-state index is 6.26. The third-order valence-electron chi connectivity index (χ3n) is 3.31. The smallest absolute Gasteiger partial charge is 0.201 e. The lowest BCUT2D eigenvalue weighted by Gasteiger charge is -2.27. The van der Waals surface area contributed by atoms with Gasteiger partial charge in [-0.2, -0.15) is 0 Å². The van der Waals surface area contributed by atoms with Crippen LogP contribution in [0.15, 0.2) is 48.5 Å². The van der Waals surface area contributed by atoms with Crippen LogP contribution >= 0.6 is 34.8 Å². The molecule has 0 fully saturated rings. The van der Waals surface area contributed by atoms with Gasteiger partial charge < -0.3 is 9.47 Å².